The Morgan fingerprint density at radius 3 is 3.00 bits per heavy atom. The summed E-state index contributed by atoms with van der Waals surface area (Å²) in [5.41, 5.74) is -0.273. The van der Waals surface area contributed by atoms with Crippen LogP contribution in [-0.2, 0) is 0 Å². The van der Waals surface area contributed by atoms with Gasteiger partial charge in [0.05, 0.1) is 11.1 Å². The largest absolute Gasteiger partial charge is 0.347 e. The van der Waals surface area contributed by atoms with Crippen molar-refractivity contribution >= 4 is 11.3 Å². The van der Waals surface area contributed by atoms with Gasteiger partial charge < -0.3 is 0 Å². The second-order valence-corrected chi connectivity index (χ2v) is 2.40. The number of rotatable bonds is 1. The first-order chi connectivity index (χ1) is 6.18. The van der Waals surface area contributed by atoms with Gasteiger partial charge in [-0.2, -0.15) is 5.10 Å². The maximum Gasteiger partial charge on any atom is 0.347 e. The zero-order valence-corrected chi connectivity index (χ0v) is 6.30. The average Bonchev–Trinajstić information content (AvgIpc) is 2.47. The summed E-state index contributed by atoms with van der Waals surface area (Å²) < 4.78 is 1.08. The van der Waals surface area contributed by atoms with Crippen molar-refractivity contribution in [1.82, 2.24) is 14.6 Å². The molecule has 7 heteroatoms. The third kappa shape index (κ3) is 1.06. The molecule has 13 heavy (non-hydrogen) atoms. The molecule has 0 fully saturated rings. The van der Waals surface area contributed by atoms with Crippen molar-refractivity contribution in [2.24, 2.45) is 0 Å². The Balaban J connectivity index is 2.80. The van der Waals surface area contributed by atoms with Crippen LogP contribution >= 0.6 is 0 Å². The predicted octanol–water partition coefficient (Wildman–Crippen LogP) is -0.0692. The monoisotopic (exact) mass is 180 g/mol. The van der Waals surface area contributed by atoms with Gasteiger partial charge in [-0.15, -0.1) is 0 Å². The summed E-state index contributed by atoms with van der Waals surface area (Å²) in [5.74, 6) is 0. The fourth-order valence-electron chi connectivity index (χ4n) is 1.00. The molecular formula is C6H4N4O3. The molecule has 0 aliphatic carbocycles. The van der Waals surface area contributed by atoms with E-state index in [-0.39, 0.29) is 5.69 Å². The van der Waals surface area contributed by atoms with Gasteiger partial charge >= 0.3 is 5.69 Å². The Labute approximate surface area is 70.8 Å². The van der Waals surface area contributed by atoms with Crippen LogP contribution in [0.15, 0.2) is 23.1 Å². The van der Waals surface area contributed by atoms with Crippen LogP contribution < -0.4 is 5.69 Å². The lowest BCUT2D eigenvalue weighted by atomic mass is 10.4. The van der Waals surface area contributed by atoms with Gasteiger partial charge in [0.2, 0.25) is 0 Å². The highest BCUT2D eigenvalue weighted by atomic mass is 16.6. The molecule has 0 aromatic carbocycles. The molecule has 0 atom stereocenters. The second kappa shape index (κ2) is 2.41. The van der Waals surface area contributed by atoms with Crippen LogP contribution in [0.5, 0.6) is 0 Å². The molecule has 66 valence electrons. The summed E-state index contributed by atoms with van der Waals surface area (Å²) in [6.07, 6.45) is 1.13. The molecular weight excluding hydrogens is 176 g/mol. The molecule has 0 spiro atoms. The molecule has 0 aliphatic rings. The predicted molar refractivity (Wildman–Crippen MR) is 42.5 cm³/mol. The van der Waals surface area contributed by atoms with Gasteiger partial charge in [0, 0.05) is 6.07 Å². The van der Waals surface area contributed by atoms with Gasteiger partial charge in [-0.25, -0.2) is 14.3 Å². The molecule has 2 aromatic rings. The molecule has 0 saturated heterocycles. The fraction of sp³-hybridized carbons (Fsp3) is 0. The van der Waals surface area contributed by atoms with E-state index >= 15 is 0 Å². The van der Waals surface area contributed by atoms with E-state index in [1.54, 1.807) is 0 Å². The Morgan fingerprint density at radius 1 is 1.54 bits per heavy atom. The highest BCUT2D eigenvalue weighted by Crippen LogP contribution is 2.09. The van der Waals surface area contributed by atoms with E-state index in [4.69, 9.17) is 0 Å². The number of nitrogens with one attached hydrogen (secondary N) is 1. The molecule has 0 saturated carbocycles. The molecule has 7 nitrogen and oxygen atoms in total. The summed E-state index contributed by atoms with van der Waals surface area (Å²) in [6.45, 7) is 0. The third-order valence-corrected chi connectivity index (χ3v) is 1.61. The molecule has 0 amide bonds. The van der Waals surface area contributed by atoms with Gasteiger partial charge in [0.25, 0.3) is 5.69 Å². The summed E-state index contributed by atoms with van der Waals surface area (Å²) >= 11 is 0. The van der Waals surface area contributed by atoms with Crippen LogP contribution in [0.3, 0.4) is 0 Å². The topological polar surface area (TPSA) is 93.3 Å². The van der Waals surface area contributed by atoms with E-state index in [9.17, 15) is 14.9 Å². The van der Waals surface area contributed by atoms with Crippen molar-refractivity contribution in [3.05, 3.63) is 38.9 Å². The van der Waals surface area contributed by atoms with Crippen molar-refractivity contribution in [3.63, 3.8) is 0 Å². The van der Waals surface area contributed by atoms with Crippen molar-refractivity contribution < 1.29 is 4.92 Å². The smallest absolute Gasteiger partial charge is 0.258 e. The van der Waals surface area contributed by atoms with Gasteiger partial charge in [-0.05, 0) is 6.07 Å². The van der Waals surface area contributed by atoms with Gasteiger partial charge in [0.1, 0.15) is 0 Å². The molecule has 2 rings (SSSR count). The van der Waals surface area contributed by atoms with Crippen LogP contribution in [0.2, 0.25) is 0 Å². The molecule has 0 radical (unpaired) electrons. The third-order valence-electron chi connectivity index (χ3n) is 1.61. The van der Waals surface area contributed by atoms with E-state index in [1.807, 2.05) is 0 Å². The molecule has 0 unspecified atom stereocenters. The maximum absolute atomic E-state index is 11.0. The lowest BCUT2D eigenvalue weighted by Crippen LogP contribution is -2.09. The van der Waals surface area contributed by atoms with E-state index in [0.717, 1.165) is 10.6 Å². The van der Waals surface area contributed by atoms with Crippen LogP contribution in [0.4, 0.5) is 5.69 Å². The Morgan fingerprint density at radius 2 is 2.31 bits per heavy atom. The van der Waals surface area contributed by atoms with Crippen molar-refractivity contribution in [1.29, 1.82) is 0 Å². The fourth-order valence-corrected chi connectivity index (χ4v) is 1.00. The Kier molecular flexibility index (Phi) is 1.38. The number of nitrogens with zero attached hydrogens (tertiary/aromatic N) is 3. The number of aromatic amines is 1. The van der Waals surface area contributed by atoms with Crippen molar-refractivity contribution in [2.75, 3.05) is 0 Å². The zero-order valence-electron chi connectivity index (χ0n) is 6.30. The molecule has 2 aromatic heterocycles. The van der Waals surface area contributed by atoms with Crippen LogP contribution in [-0.4, -0.2) is 19.5 Å². The number of nitro groups is 1. The minimum absolute atomic E-state index is 0.143. The van der Waals surface area contributed by atoms with E-state index in [0.29, 0.717) is 5.65 Å². The van der Waals surface area contributed by atoms with E-state index in [2.05, 4.69) is 10.2 Å². The van der Waals surface area contributed by atoms with Crippen molar-refractivity contribution in [3.8, 4) is 0 Å². The summed E-state index contributed by atoms with van der Waals surface area (Å²) in [5, 5.41) is 16.1. The summed E-state index contributed by atoms with van der Waals surface area (Å²) in [4.78, 5) is 20.7. The number of hydrogen-bond donors (Lipinski definition) is 1. The molecule has 2 heterocycles. The quantitative estimate of drug-likeness (QED) is 0.491. The number of pyridine rings is 1. The Bertz CT molecular complexity index is 526. The first kappa shape index (κ1) is 7.47. The first-order valence-corrected chi connectivity index (χ1v) is 3.39. The van der Waals surface area contributed by atoms with E-state index < -0.39 is 10.6 Å². The number of H-pyrrole nitrogens is 1. The molecule has 1 N–H and O–H groups in total. The Hall–Kier alpha value is -2.18. The standard InChI is InChI=1S/C6H4N4O3/c11-6-8-7-5-2-1-4(10(12)13)3-9(5)6/h1-3H,(H,8,11). The first-order valence-electron chi connectivity index (χ1n) is 3.39. The van der Waals surface area contributed by atoms with Crippen LogP contribution in [0.1, 0.15) is 0 Å². The lowest BCUT2D eigenvalue weighted by Gasteiger charge is -1.90. The normalized spacial score (nSPS) is 10.5. The summed E-state index contributed by atoms with van der Waals surface area (Å²) in [6, 6.07) is 2.69. The van der Waals surface area contributed by atoms with Gasteiger partial charge in [-0.1, -0.05) is 0 Å². The maximum atomic E-state index is 11.0. The van der Waals surface area contributed by atoms with Gasteiger partial charge in [0.15, 0.2) is 5.65 Å². The van der Waals surface area contributed by atoms with Crippen LogP contribution in [0, 0.1) is 10.1 Å². The van der Waals surface area contributed by atoms with E-state index in [1.165, 1.54) is 12.1 Å². The number of fused-ring (bicyclic) bond motifs is 1. The van der Waals surface area contributed by atoms with Gasteiger partial charge in [-0.3, -0.25) is 10.1 Å². The number of aromatic nitrogens is 3. The minimum atomic E-state index is -0.571. The summed E-state index contributed by atoms with van der Waals surface area (Å²) in [7, 11) is 0. The highest BCUT2D eigenvalue weighted by molar-refractivity contribution is 5.42. The van der Waals surface area contributed by atoms with Crippen molar-refractivity contribution in [2.45, 2.75) is 0 Å². The average molecular weight is 180 g/mol. The molecule has 0 bridgehead atoms. The van der Waals surface area contributed by atoms with Crippen LogP contribution in [0.25, 0.3) is 5.65 Å². The SMILES string of the molecule is O=c1[nH]nc2ccc([N+](=O)[O-])cn12. The second-order valence-electron chi connectivity index (χ2n) is 2.40. The highest BCUT2D eigenvalue weighted by Gasteiger charge is 2.07. The number of hydrogen-bond acceptors (Lipinski definition) is 4. The minimum Gasteiger partial charge on any atom is -0.258 e. The zero-order chi connectivity index (χ0) is 9.42. The lowest BCUT2D eigenvalue weighted by molar-refractivity contribution is -0.385. The molecule has 0 aliphatic heterocycles.